The van der Waals surface area contributed by atoms with Crippen LogP contribution in [0.25, 0.3) is 0 Å². The molecular formula is C13H22N2O2. The highest BCUT2D eigenvalue weighted by molar-refractivity contribution is 5.81. The summed E-state index contributed by atoms with van der Waals surface area (Å²) >= 11 is 0. The zero-order chi connectivity index (χ0) is 11.8. The van der Waals surface area contributed by atoms with Gasteiger partial charge in [0.2, 0.25) is 5.91 Å². The third-order valence-electron chi connectivity index (χ3n) is 4.73. The summed E-state index contributed by atoms with van der Waals surface area (Å²) in [5.41, 5.74) is 5.55. The molecule has 1 saturated heterocycles. The van der Waals surface area contributed by atoms with Crippen LogP contribution in [-0.2, 0) is 9.53 Å². The first kappa shape index (κ1) is 11.5. The van der Waals surface area contributed by atoms with E-state index in [9.17, 15) is 4.79 Å². The number of carbonyl (C=O) groups excluding carboxylic acids is 1. The van der Waals surface area contributed by atoms with Crippen LogP contribution in [0, 0.1) is 11.8 Å². The maximum Gasteiger partial charge on any atom is 0.249 e. The molecule has 0 spiro atoms. The molecule has 0 aromatic carbocycles. The van der Waals surface area contributed by atoms with Crippen LogP contribution in [-0.4, -0.2) is 30.7 Å². The lowest BCUT2D eigenvalue weighted by Crippen LogP contribution is -2.44. The highest BCUT2D eigenvalue weighted by Crippen LogP contribution is 2.44. The van der Waals surface area contributed by atoms with Crippen molar-refractivity contribution in [3.63, 3.8) is 0 Å². The Morgan fingerprint density at radius 1 is 1.24 bits per heavy atom. The molecule has 2 aliphatic carbocycles. The summed E-state index contributed by atoms with van der Waals surface area (Å²) in [4.78, 5) is 12.1. The third kappa shape index (κ3) is 2.20. The van der Waals surface area contributed by atoms with Gasteiger partial charge in [-0.15, -0.1) is 0 Å². The number of amides is 1. The van der Waals surface area contributed by atoms with E-state index in [1.807, 2.05) is 0 Å². The first-order valence-electron chi connectivity index (χ1n) is 6.92. The lowest BCUT2D eigenvalue weighted by molar-refractivity contribution is -0.132. The van der Waals surface area contributed by atoms with Crippen molar-refractivity contribution < 1.29 is 9.53 Å². The maximum atomic E-state index is 12.1. The van der Waals surface area contributed by atoms with E-state index < -0.39 is 0 Å². The maximum absolute atomic E-state index is 12.1. The molecular weight excluding hydrogens is 216 g/mol. The topological polar surface area (TPSA) is 64.4 Å². The van der Waals surface area contributed by atoms with Crippen LogP contribution in [0.2, 0.25) is 0 Å². The summed E-state index contributed by atoms with van der Waals surface area (Å²) in [5, 5.41) is 3.19. The second kappa shape index (κ2) is 4.58. The van der Waals surface area contributed by atoms with Gasteiger partial charge in [-0.2, -0.15) is 0 Å². The van der Waals surface area contributed by atoms with Crippen molar-refractivity contribution in [3.05, 3.63) is 0 Å². The van der Waals surface area contributed by atoms with Crippen LogP contribution in [0.1, 0.15) is 38.5 Å². The lowest BCUT2D eigenvalue weighted by Gasteiger charge is -2.24. The number of hydrogen-bond donors (Lipinski definition) is 2. The first-order chi connectivity index (χ1) is 8.26. The van der Waals surface area contributed by atoms with Crippen LogP contribution in [0.3, 0.4) is 0 Å². The second-order valence-electron chi connectivity index (χ2n) is 5.85. The quantitative estimate of drug-likeness (QED) is 0.764. The molecule has 1 heterocycles. The molecule has 1 amide bonds. The van der Waals surface area contributed by atoms with Crippen molar-refractivity contribution in [1.29, 1.82) is 0 Å². The zero-order valence-electron chi connectivity index (χ0n) is 10.2. The molecule has 3 N–H and O–H groups in total. The number of nitrogens with two attached hydrogens (primary N) is 1. The second-order valence-corrected chi connectivity index (χ2v) is 5.85. The number of ether oxygens (including phenoxy) is 1. The zero-order valence-corrected chi connectivity index (χ0v) is 10.2. The molecule has 2 saturated carbocycles. The third-order valence-corrected chi connectivity index (χ3v) is 4.73. The molecule has 1 aliphatic heterocycles. The van der Waals surface area contributed by atoms with Gasteiger partial charge in [-0.25, -0.2) is 0 Å². The Kier molecular flexibility index (Phi) is 3.09. The highest BCUT2D eigenvalue weighted by Gasteiger charge is 2.41. The highest BCUT2D eigenvalue weighted by atomic mass is 16.5. The van der Waals surface area contributed by atoms with Crippen molar-refractivity contribution in [2.75, 3.05) is 6.54 Å². The molecule has 3 aliphatic rings. The van der Waals surface area contributed by atoms with Gasteiger partial charge in [0, 0.05) is 12.6 Å². The Hall–Kier alpha value is -0.610. The number of fused-ring (bicyclic) bond motifs is 2. The number of hydrogen-bond acceptors (Lipinski definition) is 3. The van der Waals surface area contributed by atoms with E-state index in [0.29, 0.717) is 12.6 Å². The lowest BCUT2D eigenvalue weighted by atomic mass is 9.95. The van der Waals surface area contributed by atoms with Crippen LogP contribution in [0.15, 0.2) is 0 Å². The van der Waals surface area contributed by atoms with Crippen molar-refractivity contribution in [2.24, 2.45) is 17.6 Å². The van der Waals surface area contributed by atoms with E-state index in [1.54, 1.807) is 0 Å². The molecule has 3 unspecified atom stereocenters. The van der Waals surface area contributed by atoms with E-state index in [4.69, 9.17) is 10.5 Å². The Morgan fingerprint density at radius 3 is 2.71 bits per heavy atom. The molecule has 4 heteroatoms. The average molecular weight is 238 g/mol. The molecule has 5 atom stereocenters. The normalized spacial score (nSPS) is 44.2. The minimum atomic E-state index is -0.248. The number of rotatable bonds is 3. The average Bonchev–Trinajstić information content (AvgIpc) is 3.04. The smallest absolute Gasteiger partial charge is 0.249 e. The van der Waals surface area contributed by atoms with Gasteiger partial charge >= 0.3 is 0 Å². The van der Waals surface area contributed by atoms with E-state index in [0.717, 1.165) is 24.7 Å². The van der Waals surface area contributed by atoms with Gasteiger partial charge in [0.25, 0.3) is 0 Å². The van der Waals surface area contributed by atoms with Crippen molar-refractivity contribution in [2.45, 2.75) is 56.8 Å². The Balaban J connectivity index is 1.51. The standard InChI is InChI=1S/C13H22N2O2/c14-7-10-3-4-12(17-10)13(16)15-11-6-8-1-2-9(11)5-8/h8-12H,1-7,14H2,(H,15,16)/t8?,9?,10-,11?,12+/m1/s1. The molecule has 2 bridgehead atoms. The first-order valence-corrected chi connectivity index (χ1v) is 6.92. The van der Waals surface area contributed by atoms with Crippen LogP contribution < -0.4 is 11.1 Å². The van der Waals surface area contributed by atoms with E-state index in [2.05, 4.69) is 5.32 Å². The van der Waals surface area contributed by atoms with Gasteiger partial charge in [-0.1, -0.05) is 6.42 Å². The van der Waals surface area contributed by atoms with E-state index >= 15 is 0 Å². The van der Waals surface area contributed by atoms with Gasteiger partial charge in [-0.05, 0) is 43.9 Å². The summed E-state index contributed by atoms with van der Waals surface area (Å²) < 4.78 is 5.63. The molecule has 0 aromatic heterocycles. The summed E-state index contributed by atoms with van der Waals surface area (Å²) in [6.45, 7) is 0.526. The summed E-state index contributed by atoms with van der Waals surface area (Å²) in [7, 11) is 0. The largest absolute Gasteiger partial charge is 0.364 e. The molecule has 3 fully saturated rings. The minimum Gasteiger partial charge on any atom is -0.364 e. The molecule has 96 valence electrons. The molecule has 4 nitrogen and oxygen atoms in total. The van der Waals surface area contributed by atoms with Gasteiger partial charge in [0.05, 0.1) is 6.10 Å². The van der Waals surface area contributed by atoms with Gasteiger partial charge in [0.1, 0.15) is 6.10 Å². The van der Waals surface area contributed by atoms with Gasteiger partial charge in [0.15, 0.2) is 0 Å². The van der Waals surface area contributed by atoms with Crippen molar-refractivity contribution >= 4 is 5.91 Å². The summed E-state index contributed by atoms with van der Waals surface area (Å²) in [6.07, 6.45) is 6.76. The fourth-order valence-electron chi connectivity index (χ4n) is 3.77. The summed E-state index contributed by atoms with van der Waals surface area (Å²) in [6, 6.07) is 0.418. The molecule has 0 radical (unpaired) electrons. The SMILES string of the molecule is NC[C@H]1CC[C@@H](C(=O)NC2CC3CCC2C3)O1. The van der Waals surface area contributed by atoms with Crippen molar-refractivity contribution in [3.8, 4) is 0 Å². The number of nitrogens with one attached hydrogen (secondary N) is 1. The summed E-state index contributed by atoms with van der Waals surface area (Å²) in [5.74, 6) is 1.70. The Bertz CT molecular complexity index is 308. The van der Waals surface area contributed by atoms with Gasteiger partial charge in [-0.3, -0.25) is 4.79 Å². The van der Waals surface area contributed by atoms with E-state index in [-0.39, 0.29) is 18.1 Å². The Morgan fingerprint density at radius 2 is 2.12 bits per heavy atom. The fraction of sp³-hybridized carbons (Fsp3) is 0.923. The Labute approximate surface area is 102 Å². The predicted molar refractivity (Wildman–Crippen MR) is 64.3 cm³/mol. The number of carbonyl (C=O) groups is 1. The fourth-order valence-corrected chi connectivity index (χ4v) is 3.77. The van der Waals surface area contributed by atoms with Gasteiger partial charge < -0.3 is 15.8 Å². The molecule has 0 aromatic rings. The monoisotopic (exact) mass is 238 g/mol. The predicted octanol–water partition coefficient (Wildman–Crippen LogP) is 0.797. The van der Waals surface area contributed by atoms with Crippen LogP contribution >= 0.6 is 0 Å². The molecule has 3 rings (SSSR count). The minimum absolute atomic E-state index is 0.0887. The van der Waals surface area contributed by atoms with Crippen LogP contribution in [0.4, 0.5) is 0 Å². The molecule has 17 heavy (non-hydrogen) atoms. The van der Waals surface area contributed by atoms with Crippen molar-refractivity contribution in [1.82, 2.24) is 5.32 Å². The van der Waals surface area contributed by atoms with Crippen LogP contribution in [0.5, 0.6) is 0 Å². The van der Waals surface area contributed by atoms with E-state index in [1.165, 1.54) is 25.7 Å².